The fourth-order valence-electron chi connectivity index (χ4n) is 4.95. The number of benzene rings is 1. The van der Waals surface area contributed by atoms with Crippen LogP contribution in [-0.2, 0) is 11.2 Å². The van der Waals surface area contributed by atoms with Crippen LogP contribution in [0.3, 0.4) is 0 Å². The van der Waals surface area contributed by atoms with Gasteiger partial charge in [0.2, 0.25) is 0 Å². The van der Waals surface area contributed by atoms with Gasteiger partial charge < -0.3 is 14.1 Å². The third-order valence-electron chi connectivity index (χ3n) is 6.92. The lowest BCUT2D eigenvalue weighted by atomic mass is 10.1. The summed E-state index contributed by atoms with van der Waals surface area (Å²) in [6, 6.07) is 13.4. The molecule has 1 aromatic carbocycles. The van der Waals surface area contributed by atoms with Gasteiger partial charge in [0.05, 0.1) is 24.5 Å². The summed E-state index contributed by atoms with van der Waals surface area (Å²) in [5.41, 5.74) is 3.41. The normalized spacial score (nSPS) is 22.0. The lowest BCUT2D eigenvalue weighted by Crippen LogP contribution is -2.40. The van der Waals surface area contributed by atoms with E-state index in [9.17, 15) is 4.79 Å². The Morgan fingerprint density at radius 3 is 2.56 bits per heavy atom. The van der Waals surface area contributed by atoms with E-state index < -0.39 is 0 Å². The Morgan fingerprint density at radius 2 is 1.84 bits per heavy atom. The number of rotatable bonds is 5. The van der Waals surface area contributed by atoms with Gasteiger partial charge in [-0.2, -0.15) is 0 Å². The zero-order valence-corrected chi connectivity index (χ0v) is 18.9. The molecule has 0 unspecified atom stereocenters. The van der Waals surface area contributed by atoms with Crippen molar-refractivity contribution in [2.45, 2.75) is 45.2 Å². The minimum atomic E-state index is 0.0175. The van der Waals surface area contributed by atoms with Crippen molar-refractivity contribution in [1.82, 2.24) is 14.8 Å². The van der Waals surface area contributed by atoms with Gasteiger partial charge in [0.25, 0.3) is 5.91 Å². The van der Waals surface area contributed by atoms with Crippen LogP contribution in [0.4, 0.5) is 0 Å². The summed E-state index contributed by atoms with van der Waals surface area (Å²) in [5, 5.41) is 1.09. The molecule has 6 nitrogen and oxygen atoms in total. The lowest BCUT2D eigenvalue weighted by Gasteiger charge is -2.26. The largest absolute Gasteiger partial charge is 0.461 e. The Hall–Kier alpha value is -2.70. The highest BCUT2D eigenvalue weighted by atomic mass is 16.5. The van der Waals surface area contributed by atoms with E-state index in [2.05, 4.69) is 35.9 Å². The highest BCUT2D eigenvalue weighted by Crippen LogP contribution is 2.28. The standard InChI is InChI=1S/C26H31N3O3/c1-18-3-4-19(2)29(18)10-9-23-16-22-15-20(6-8-25(22)32-23)24-7-5-21(17-27-24)26(30)28-11-13-31-14-12-28/h5-8,15-19H,3-4,9-14H2,1-2H3/t18-,19-/m1/s1. The molecule has 0 radical (unpaired) electrons. The summed E-state index contributed by atoms with van der Waals surface area (Å²) in [6.45, 7) is 8.14. The van der Waals surface area contributed by atoms with Crippen LogP contribution in [0, 0.1) is 0 Å². The second-order valence-corrected chi connectivity index (χ2v) is 9.07. The van der Waals surface area contributed by atoms with Crippen LogP contribution in [0.2, 0.25) is 0 Å². The van der Waals surface area contributed by atoms with Crippen LogP contribution in [0.15, 0.2) is 47.0 Å². The molecule has 0 spiro atoms. The summed E-state index contributed by atoms with van der Waals surface area (Å²) >= 11 is 0. The summed E-state index contributed by atoms with van der Waals surface area (Å²) in [4.78, 5) is 21.6. The third-order valence-corrected chi connectivity index (χ3v) is 6.92. The minimum absolute atomic E-state index is 0.0175. The number of fused-ring (bicyclic) bond motifs is 1. The first kappa shape index (κ1) is 21.2. The van der Waals surface area contributed by atoms with Crippen LogP contribution in [0.1, 0.15) is 42.8 Å². The Kier molecular flexibility index (Phi) is 5.98. The molecule has 0 saturated carbocycles. The third kappa shape index (κ3) is 4.30. The van der Waals surface area contributed by atoms with Crippen molar-refractivity contribution in [2.24, 2.45) is 0 Å². The van der Waals surface area contributed by atoms with E-state index in [1.54, 1.807) is 6.20 Å². The molecule has 1 amide bonds. The molecular formula is C26H31N3O3. The Bertz CT molecular complexity index is 1080. The number of furan rings is 1. The number of likely N-dealkylation sites (tertiary alicyclic amines) is 1. The molecule has 5 rings (SSSR count). The van der Waals surface area contributed by atoms with Crippen molar-refractivity contribution in [3.63, 3.8) is 0 Å². The van der Waals surface area contributed by atoms with Crippen LogP contribution in [-0.4, -0.2) is 65.6 Å². The van der Waals surface area contributed by atoms with Crippen LogP contribution < -0.4 is 0 Å². The minimum Gasteiger partial charge on any atom is -0.461 e. The SMILES string of the molecule is C[C@@H]1CC[C@@H](C)N1CCc1cc2cc(-c3ccc(C(=O)N4CCOCC4)cn3)ccc2o1. The molecule has 0 N–H and O–H groups in total. The van der Waals surface area contributed by atoms with Crippen LogP contribution >= 0.6 is 0 Å². The maximum Gasteiger partial charge on any atom is 0.255 e. The number of ether oxygens (including phenoxy) is 1. The number of carbonyl (C=O) groups is 1. The molecule has 6 heteroatoms. The van der Waals surface area contributed by atoms with Gasteiger partial charge in [0, 0.05) is 55.3 Å². The van der Waals surface area contributed by atoms with E-state index in [4.69, 9.17) is 9.15 Å². The van der Waals surface area contributed by atoms with Gasteiger partial charge in [-0.05, 0) is 63.1 Å². The van der Waals surface area contributed by atoms with Crippen molar-refractivity contribution >= 4 is 16.9 Å². The van der Waals surface area contributed by atoms with E-state index in [0.717, 1.165) is 41.0 Å². The topological polar surface area (TPSA) is 58.8 Å². The molecule has 0 bridgehead atoms. The quantitative estimate of drug-likeness (QED) is 0.598. The molecule has 2 aliphatic rings. The molecule has 32 heavy (non-hydrogen) atoms. The van der Waals surface area contributed by atoms with E-state index in [1.807, 2.05) is 29.2 Å². The molecule has 0 aliphatic carbocycles. The van der Waals surface area contributed by atoms with Crippen LogP contribution in [0.25, 0.3) is 22.2 Å². The number of morpholine rings is 1. The van der Waals surface area contributed by atoms with Crippen molar-refractivity contribution < 1.29 is 13.9 Å². The van der Waals surface area contributed by atoms with E-state index >= 15 is 0 Å². The molecular weight excluding hydrogens is 402 g/mol. The van der Waals surface area contributed by atoms with Crippen molar-refractivity contribution in [1.29, 1.82) is 0 Å². The number of pyridine rings is 1. The Labute approximate surface area is 189 Å². The van der Waals surface area contributed by atoms with Gasteiger partial charge in [0.15, 0.2) is 0 Å². The molecule has 168 valence electrons. The number of amides is 1. The predicted octanol–water partition coefficient (Wildman–Crippen LogP) is 4.38. The molecule has 2 aliphatic heterocycles. The number of nitrogens with zero attached hydrogens (tertiary/aromatic N) is 3. The highest BCUT2D eigenvalue weighted by Gasteiger charge is 2.26. The molecule has 3 aromatic rings. The maximum atomic E-state index is 12.6. The van der Waals surface area contributed by atoms with Crippen molar-refractivity contribution in [2.75, 3.05) is 32.8 Å². The second-order valence-electron chi connectivity index (χ2n) is 9.07. The van der Waals surface area contributed by atoms with Gasteiger partial charge in [0.1, 0.15) is 11.3 Å². The van der Waals surface area contributed by atoms with Gasteiger partial charge in [-0.15, -0.1) is 0 Å². The number of aromatic nitrogens is 1. The van der Waals surface area contributed by atoms with E-state index in [1.165, 1.54) is 12.8 Å². The second kappa shape index (κ2) is 9.04. The molecule has 2 saturated heterocycles. The number of carbonyl (C=O) groups excluding carboxylic acids is 1. The Balaban J connectivity index is 1.28. The first-order valence-corrected chi connectivity index (χ1v) is 11.7. The average Bonchev–Trinajstić information content (AvgIpc) is 3.39. The molecule has 2 aromatic heterocycles. The molecule has 2 atom stereocenters. The van der Waals surface area contributed by atoms with Gasteiger partial charge in [-0.25, -0.2) is 0 Å². The summed E-state index contributed by atoms with van der Waals surface area (Å²) in [6.07, 6.45) is 5.18. The fourth-order valence-corrected chi connectivity index (χ4v) is 4.95. The highest BCUT2D eigenvalue weighted by molar-refractivity contribution is 5.94. The van der Waals surface area contributed by atoms with Crippen LogP contribution in [0.5, 0.6) is 0 Å². The number of hydrogen-bond donors (Lipinski definition) is 0. The number of hydrogen-bond acceptors (Lipinski definition) is 5. The Morgan fingerprint density at radius 1 is 1.06 bits per heavy atom. The predicted molar refractivity (Wildman–Crippen MR) is 125 cm³/mol. The molecule has 2 fully saturated rings. The average molecular weight is 434 g/mol. The summed E-state index contributed by atoms with van der Waals surface area (Å²) < 4.78 is 11.4. The van der Waals surface area contributed by atoms with Crippen molar-refractivity contribution in [3.8, 4) is 11.3 Å². The smallest absolute Gasteiger partial charge is 0.255 e. The fraction of sp³-hybridized carbons (Fsp3) is 0.462. The monoisotopic (exact) mass is 433 g/mol. The zero-order valence-electron chi connectivity index (χ0n) is 18.9. The van der Waals surface area contributed by atoms with E-state index in [0.29, 0.717) is 44.0 Å². The summed E-state index contributed by atoms with van der Waals surface area (Å²) in [5.74, 6) is 1.05. The lowest BCUT2D eigenvalue weighted by molar-refractivity contribution is 0.0302. The first-order valence-electron chi connectivity index (χ1n) is 11.7. The molecule has 4 heterocycles. The first-order chi connectivity index (χ1) is 15.6. The van der Waals surface area contributed by atoms with E-state index in [-0.39, 0.29) is 5.91 Å². The van der Waals surface area contributed by atoms with Crippen molar-refractivity contribution in [3.05, 3.63) is 53.9 Å². The zero-order chi connectivity index (χ0) is 22.1. The maximum absolute atomic E-state index is 12.6. The van der Waals surface area contributed by atoms with Gasteiger partial charge in [-0.1, -0.05) is 0 Å². The van der Waals surface area contributed by atoms with Gasteiger partial charge >= 0.3 is 0 Å². The van der Waals surface area contributed by atoms with Gasteiger partial charge in [-0.3, -0.25) is 14.7 Å². The summed E-state index contributed by atoms with van der Waals surface area (Å²) in [7, 11) is 0.